The molecule has 0 bridgehead atoms. The number of benzene rings is 1. The summed E-state index contributed by atoms with van der Waals surface area (Å²) in [5.74, 6) is 0.993. The Morgan fingerprint density at radius 2 is 2.26 bits per heavy atom. The fourth-order valence-corrected chi connectivity index (χ4v) is 2.25. The molecule has 0 fully saturated rings. The first-order chi connectivity index (χ1) is 9.15. The quantitative estimate of drug-likeness (QED) is 0.895. The number of nitrogens with zero attached hydrogens (tertiary/aromatic N) is 3. The van der Waals surface area contributed by atoms with E-state index in [0.29, 0.717) is 12.0 Å². The maximum atomic E-state index is 9.41. The van der Waals surface area contributed by atoms with Gasteiger partial charge >= 0.3 is 0 Å². The molecule has 1 heterocycles. The van der Waals surface area contributed by atoms with Gasteiger partial charge in [-0.2, -0.15) is 5.26 Å². The van der Waals surface area contributed by atoms with Gasteiger partial charge in [-0.25, -0.2) is 4.98 Å². The smallest absolute Gasteiger partial charge is 0.109 e. The molecule has 4 nitrogen and oxygen atoms in total. The first kappa shape index (κ1) is 13.6. The molecular weight excluding hydrogens is 238 g/mol. The molecule has 0 aliphatic heterocycles. The molecule has 1 aromatic heterocycles. The van der Waals surface area contributed by atoms with Crippen LogP contribution in [0.1, 0.15) is 38.1 Å². The minimum atomic E-state index is -0.315. The lowest BCUT2D eigenvalue weighted by molar-refractivity contribution is 0.183. The Balaban J connectivity index is 2.43. The van der Waals surface area contributed by atoms with Gasteiger partial charge in [0.25, 0.3) is 0 Å². The molecule has 1 aromatic carbocycles. The fourth-order valence-electron chi connectivity index (χ4n) is 2.25. The molecule has 100 valence electrons. The number of imidazole rings is 1. The Labute approximate surface area is 113 Å². The lowest BCUT2D eigenvalue weighted by atomic mass is 10.2. The third-order valence-corrected chi connectivity index (χ3v) is 3.19. The van der Waals surface area contributed by atoms with E-state index in [1.165, 1.54) is 0 Å². The zero-order valence-electron chi connectivity index (χ0n) is 11.4. The normalized spacial score (nSPS) is 12.5. The molecule has 1 unspecified atom stereocenters. The van der Waals surface area contributed by atoms with Crippen LogP contribution in [0, 0.1) is 11.3 Å². The van der Waals surface area contributed by atoms with Crippen LogP contribution in [0.4, 0.5) is 0 Å². The van der Waals surface area contributed by atoms with Crippen molar-refractivity contribution in [2.24, 2.45) is 0 Å². The lowest BCUT2D eigenvalue weighted by Crippen LogP contribution is -2.08. The van der Waals surface area contributed by atoms with Gasteiger partial charge in [0, 0.05) is 13.0 Å². The Morgan fingerprint density at radius 1 is 1.47 bits per heavy atom. The van der Waals surface area contributed by atoms with Gasteiger partial charge in [0.1, 0.15) is 5.82 Å². The second-order valence-corrected chi connectivity index (χ2v) is 4.88. The van der Waals surface area contributed by atoms with Crippen molar-refractivity contribution in [2.45, 2.75) is 45.8 Å². The molecule has 0 spiro atoms. The fraction of sp³-hybridized carbons (Fsp3) is 0.467. The van der Waals surface area contributed by atoms with Crippen molar-refractivity contribution in [3.8, 4) is 6.07 Å². The average Bonchev–Trinajstić information content (AvgIpc) is 2.74. The average molecular weight is 257 g/mol. The molecular formula is C15H19N3O. The SMILES string of the molecule is CCCn1c(CCC(C)O)nc2cc(C#N)ccc21. The van der Waals surface area contributed by atoms with Crippen molar-refractivity contribution < 1.29 is 5.11 Å². The molecule has 0 aliphatic rings. The summed E-state index contributed by atoms with van der Waals surface area (Å²) in [5.41, 5.74) is 2.57. The van der Waals surface area contributed by atoms with E-state index in [-0.39, 0.29) is 6.10 Å². The highest BCUT2D eigenvalue weighted by molar-refractivity contribution is 5.77. The van der Waals surface area contributed by atoms with E-state index in [0.717, 1.165) is 36.2 Å². The topological polar surface area (TPSA) is 61.8 Å². The first-order valence-corrected chi connectivity index (χ1v) is 6.73. The van der Waals surface area contributed by atoms with Crippen molar-refractivity contribution in [3.63, 3.8) is 0 Å². The van der Waals surface area contributed by atoms with Crippen molar-refractivity contribution in [1.82, 2.24) is 9.55 Å². The second-order valence-electron chi connectivity index (χ2n) is 4.88. The van der Waals surface area contributed by atoms with Gasteiger partial charge in [0.05, 0.1) is 28.8 Å². The molecule has 0 aliphatic carbocycles. The minimum Gasteiger partial charge on any atom is -0.393 e. The number of aromatic nitrogens is 2. The van der Waals surface area contributed by atoms with E-state index < -0.39 is 0 Å². The summed E-state index contributed by atoms with van der Waals surface area (Å²) in [4.78, 5) is 4.61. The van der Waals surface area contributed by atoms with Crippen LogP contribution in [-0.2, 0) is 13.0 Å². The van der Waals surface area contributed by atoms with Crippen molar-refractivity contribution in [2.75, 3.05) is 0 Å². The predicted molar refractivity (Wildman–Crippen MR) is 74.7 cm³/mol. The summed E-state index contributed by atoms with van der Waals surface area (Å²) in [7, 11) is 0. The number of hydrogen-bond acceptors (Lipinski definition) is 3. The summed E-state index contributed by atoms with van der Waals surface area (Å²) in [5, 5.41) is 18.3. The Hall–Kier alpha value is -1.86. The summed E-state index contributed by atoms with van der Waals surface area (Å²) < 4.78 is 2.19. The number of hydrogen-bond donors (Lipinski definition) is 1. The summed E-state index contributed by atoms with van der Waals surface area (Å²) in [6, 6.07) is 7.76. The number of aliphatic hydroxyl groups is 1. The molecule has 4 heteroatoms. The highest BCUT2D eigenvalue weighted by Gasteiger charge is 2.11. The predicted octanol–water partition coefficient (Wildman–Crippen LogP) is 2.63. The zero-order chi connectivity index (χ0) is 13.8. The third-order valence-electron chi connectivity index (χ3n) is 3.19. The Kier molecular flexibility index (Phi) is 4.18. The van der Waals surface area contributed by atoms with Crippen LogP contribution >= 0.6 is 0 Å². The first-order valence-electron chi connectivity index (χ1n) is 6.73. The van der Waals surface area contributed by atoms with E-state index in [2.05, 4.69) is 22.5 Å². The second kappa shape index (κ2) is 5.85. The molecule has 0 radical (unpaired) electrons. The van der Waals surface area contributed by atoms with Gasteiger partial charge in [-0.15, -0.1) is 0 Å². The molecule has 1 N–H and O–H groups in total. The number of nitriles is 1. The minimum absolute atomic E-state index is 0.315. The zero-order valence-corrected chi connectivity index (χ0v) is 11.4. The molecule has 2 rings (SSSR count). The van der Waals surface area contributed by atoms with E-state index in [4.69, 9.17) is 5.26 Å². The molecule has 0 saturated carbocycles. The van der Waals surface area contributed by atoms with Gasteiger partial charge in [0.2, 0.25) is 0 Å². The van der Waals surface area contributed by atoms with Crippen LogP contribution in [0.15, 0.2) is 18.2 Å². The number of rotatable bonds is 5. The van der Waals surface area contributed by atoms with Gasteiger partial charge in [-0.05, 0) is 38.0 Å². The maximum absolute atomic E-state index is 9.41. The van der Waals surface area contributed by atoms with Crippen LogP contribution in [0.5, 0.6) is 0 Å². The largest absolute Gasteiger partial charge is 0.393 e. The van der Waals surface area contributed by atoms with Crippen molar-refractivity contribution in [1.29, 1.82) is 5.26 Å². The number of aryl methyl sites for hydroxylation is 2. The lowest BCUT2D eigenvalue weighted by Gasteiger charge is -2.08. The van der Waals surface area contributed by atoms with Crippen LogP contribution < -0.4 is 0 Å². The van der Waals surface area contributed by atoms with Gasteiger partial charge < -0.3 is 9.67 Å². The van der Waals surface area contributed by atoms with Crippen molar-refractivity contribution >= 4 is 11.0 Å². The van der Waals surface area contributed by atoms with Gasteiger partial charge in [-0.1, -0.05) is 6.92 Å². The Bertz CT molecular complexity index is 608. The van der Waals surface area contributed by atoms with Crippen molar-refractivity contribution in [3.05, 3.63) is 29.6 Å². The summed E-state index contributed by atoms with van der Waals surface area (Å²) >= 11 is 0. The summed E-state index contributed by atoms with van der Waals surface area (Å²) in [6.07, 6.45) is 2.18. The highest BCUT2D eigenvalue weighted by atomic mass is 16.3. The monoisotopic (exact) mass is 257 g/mol. The van der Waals surface area contributed by atoms with E-state index in [1.807, 2.05) is 18.2 Å². The molecule has 0 saturated heterocycles. The van der Waals surface area contributed by atoms with Crippen LogP contribution in [0.2, 0.25) is 0 Å². The van der Waals surface area contributed by atoms with Gasteiger partial charge in [-0.3, -0.25) is 0 Å². The standard InChI is InChI=1S/C15H19N3O/c1-3-8-18-14-6-5-12(10-16)9-13(14)17-15(18)7-4-11(2)19/h5-6,9,11,19H,3-4,7-8H2,1-2H3. The van der Waals surface area contributed by atoms with Crippen LogP contribution in [-0.4, -0.2) is 20.8 Å². The molecule has 1 atom stereocenters. The third kappa shape index (κ3) is 2.94. The molecule has 19 heavy (non-hydrogen) atoms. The number of aliphatic hydroxyl groups excluding tert-OH is 1. The van der Waals surface area contributed by atoms with E-state index >= 15 is 0 Å². The number of fused-ring (bicyclic) bond motifs is 1. The van der Waals surface area contributed by atoms with Gasteiger partial charge in [0.15, 0.2) is 0 Å². The van der Waals surface area contributed by atoms with Crippen LogP contribution in [0.3, 0.4) is 0 Å². The van der Waals surface area contributed by atoms with Crippen LogP contribution in [0.25, 0.3) is 11.0 Å². The summed E-state index contributed by atoms with van der Waals surface area (Å²) in [6.45, 7) is 4.84. The maximum Gasteiger partial charge on any atom is 0.109 e. The Morgan fingerprint density at radius 3 is 2.89 bits per heavy atom. The van der Waals surface area contributed by atoms with E-state index in [1.54, 1.807) is 6.92 Å². The van der Waals surface area contributed by atoms with E-state index in [9.17, 15) is 5.11 Å². The molecule has 2 aromatic rings. The molecule has 0 amide bonds. The highest BCUT2D eigenvalue weighted by Crippen LogP contribution is 2.19.